The Morgan fingerprint density at radius 2 is 1.94 bits per heavy atom. The maximum absolute atomic E-state index is 13.0. The fourth-order valence-corrected chi connectivity index (χ4v) is 3.95. The molecular formula is C24H31N7O2. The van der Waals surface area contributed by atoms with Crippen LogP contribution in [-0.4, -0.2) is 66.1 Å². The van der Waals surface area contributed by atoms with Gasteiger partial charge >= 0.3 is 0 Å². The van der Waals surface area contributed by atoms with Gasteiger partial charge < -0.3 is 16.0 Å². The largest absolute Gasteiger partial charge is 0.387 e. The van der Waals surface area contributed by atoms with Crippen molar-refractivity contribution in [3.8, 4) is 11.1 Å². The average Bonchev–Trinajstić information content (AvgIpc) is 3.01. The number of hydrogen-bond donors (Lipinski definition) is 2. The second kappa shape index (κ2) is 10.5. The Labute approximate surface area is 194 Å². The van der Waals surface area contributed by atoms with Crippen molar-refractivity contribution in [2.75, 3.05) is 44.2 Å². The first-order valence-electron chi connectivity index (χ1n) is 11.5. The molecule has 2 aliphatic heterocycles. The topological polar surface area (TPSA) is 109 Å². The van der Waals surface area contributed by atoms with Crippen molar-refractivity contribution in [1.29, 1.82) is 0 Å². The lowest BCUT2D eigenvalue weighted by Gasteiger charge is -2.27. The lowest BCUT2D eigenvalue weighted by atomic mass is 10.0. The molecule has 1 fully saturated rings. The molecule has 174 valence electrons. The number of hydroxylamine groups is 2. The van der Waals surface area contributed by atoms with Crippen LogP contribution >= 0.6 is 0 Å². The minimum atomic E-state index is -0.175. The van der Waals surface area contributed by atoms with Crippen molar-refractivity contribution in [2.45, 2.75) is 26.7 Å². The molecule has 0 atom stereocenters. The molecule has 3 N–H and O–H groups in total. The van der Waals surface area contributed by atoms with Gasteiger partial charge in [-0.15, -0.1) is 0 Å². The summed E-state index contributed by atoms with van der Waals surface area (Å²) in [5.41, 5.74) is 10.2. The highest BCUT2D eigenvalue weighted by Gasteiger charge is 2.22. The van der Waals surface area contributed by atoms with Crippen molar-refractivity contribution in [3.05, 3.63) is 41.7 Å². The summed E-state index contributed by atoms with van der Waals surface area (Å²) in [6, 6.07) is 5.90. The number of piperazine rings is 1. The summed E-state index contributed by atoms with van der Waals surface area (Å²) >= 11 is 0. The van der Waals surface area contributed by atoms with Crippen LogP contribution in [0.3, 0.4) is 0 Å². The molecule has 0 unspecified atom stereocenters. The van der Waals surface area contributed by atoms with E-state index in [1.807, 2.05) is 50.5 Å². The second-order valence-electron chi connectivity index (χ2n) is 8.06. The van der Waals surface area contributed by atoms with Crippen molar-refractivity contribution in [3.63, 3.8) is 0 Å². The molecule has 0 aliphatic carbocycles. The Morgan fingerprint density at radius 3 is 2.64 bits per heavy atom. The standard InChI is InChI=1S/C24H31N7O2/c1-3-9-31(33-4-2)23(32)19-12-18-6-5-17(13-21(18)29-22(25)14-19)20-15-27-24(28-16-20)30-10-7-26-8-11-30/h5-6,12-13,15-16,26H,3-4,7-11,14H2,1-2H3,(H2,25,29). The zero-order chi connectivity index (χ0) is 23.2. The first kappa shape index (κ1) is 22.9. The summed E-state index contributed by atoms with van der Waals surface area (Å²) in [5.74, 6) is 0.962. The van der Waals surface area contributed by atoms with Crippen molar-refractivity contribution < 1.29 is 9.63 Å². The van der Waals surface area contributed by atoms with Gasteiger partial charge in [0.1, 0.15) is 5.84 Å². The summed E-state index contributed by atoms with van der Waals surface area (Å²) in [5, 5.41) is 4.75. The van der Waals surface area contributed by atoms with Gasteiger partial charge in [0, 0.05) is 68.2 Å². The number of carbonyl (C=O) groups excluding carboxylic acids is 1. The number of aliphatic imine (C=N–C) groups is 1. The third-order valence-electron chi connectivity index (χ3n) is 5.58. The first-order chi connectivity index (χ1) is 16.1. The SMILES string of the molecule is CCCN(OCC)C(=O)C1=Cc2ccc(-c3cnc(N4CCNCC4)nc3)cc2N=C(N)C1. The third kappa shape index (κ3) is 5.37. The Kier molecular flexibility index (Phi) is 7.31. The van der Waals surface area contributed by atoms with Crippen molar-refractivity contribution in [1.82, 2.24) is 20.3 Å². The van der Waals surface area contributed by atoms with Gasteiger partial charge in [0.2, 0.25) is 5.95 Å². The number of fused-ring (bicyclic) bond motifs is 1. The number of carbonyl (C=O) groups is 1. The summed E-state index contributed by atoms with van der Waals surface area (Å²) in [6.45, 7) is 8.51. The highest BCUT2D eigenvalue weighted by molar-refractivity contribution is 6.05. The predicted octanol–water partition coefficient (Wildman–Crippen LogP) is 2.52. The number of nitrogens with two attached hydrogens (primary N) is 1. The van der Waals surface area contributed by atoms with Gasteiger partial charge in [0.15, 0.2) is 0 Å². The summed E-state index contributed by atoms with van der Waals surface area (Å²) in [7, 11) is 0. The van der Waals surface area contributed by atoms with E-state index >= 15 is 0 Å². The van der Waals surface area contributed by atoms with E-state index in [-0.39, 0.29) is 12.3 Å². The number of amides is 1. The van der Waals surface area contributed by atoms with Crippen LogP contribution in [0.15, 0.2) is 41.2 Å². The fraction of sp³-hybridized carbons (Fsp3) is 0.417. The Morgan fingerprint density at radius 1 is 1.18 bits per heavy atom. The highest BCUT2D eigenvalue weighted by atomic mass is 16.7. The number of anilines is 1. The first-order valence-corrected chi connectivity index (χ1v) is 11.5. The number of nitrogens with one attached hydrogen (secondary N) is 1. The predicted molar refractivity (Wildman–Crippen MR) is 130 cm³/mol. The minimum Gasteiger partial charge on any atom is -0.387 e. The van der Waals surface area contributed by atoms with E-state index in [2.05, 4.69) is 25.2 Å². The normalized spacial score (nSPS) is 15.9. The molecule has 0 spiro atoms. The molecule has 4 rings (SSSR count). The Balaban J connectivity index is 1.59. The molecule has 0 bridgehead atoms. The Bertz CT molecular complexity index is 1040. The molecule has 0 saturated carbocycles. The van der Waals surface area contributed by atoms with Gasteiger partial charge in [-0.05, 0) is 31.1 Å². The van der Waals surface area contributed by atoms with Crippen LogP contribution in [0.1, 0.15) is 32.3 Å². The van der Waals surface area contributed by atoms with Gasteiger partial charge in [-0.2, -0.15) is 0 Å². The van der Waals surface area contributed by atoms with Crippen LogP contribution in [0.4, 0.5) is 11.6 Å². The summed E-state index contributed by atoms with van der Waals surface area (Å²) in [4.78, 5) is 34.4. The molecule has 2 aromatic rings. The van der Waals surface area contributed by atoms with Gasteiger partial charge in [-0.1, -0.05) is 19.1 Å². The van der Waals surface area contributed by atoms with E-state index in [1.165, 1.54) is 5.06 Å². The van der Waals surface area contributed by atoms with Gasteiger partial charge in [0.25, 0.3) is 5.91 Å². The van der Waals surface area contributed by atoms with Gasteiger partial charge in [-0.25, -0.2) is 20.0 Å². The fourth-order valence-electron chi connectivity index (χ4n) is 3.95. The number of hydrogen-bond acceptors (Lipinski definition) is 8. The van der Waals surface area contributed by atoms with E-state index in [0.717, 1.165) is 60.9 Å². The molecular weight excluding hydrogens is 418 g/mol. The molecule has 0 radical (unpaired) electrons. The van der Waals surface area contributed by atoms with Crippen molar-refractivity contribution in [2.24, 2.45) is 10.7 Å². The lowest BCUT2D eigenvalue weighted by Crippen LogP contribution is -2.44. The van der Waals surface area contributed by atoms with Crippen LogP contribution in [0, 0.1) is 0 Å². The van der Waals surface area contributed by atoms with Crippen LogP contribution in [0.25, 0.3) is 17.2 Å². The summed E-state index contributed by atoms with van der Waals surface area (Å²) < 4.78 is 0. The van der Waals surface area contributed by atoms with Crippen LogP contribution in [0.5, 0.6) is 0 Å². The average molecular weight is 450 g/mol. The Hall–Kier alpha value is -3.30. The van der Waals surface area contributed by atoms with Gasteiger partial charge in [0.05, 0.1) is 12.3 Å². The molecule has 2 aliphatic rings. The zero-order valence-electron chi connectivity index (χ0n) is 19.3. The lowest BCUT2D eigenvalue weighted by molar-refractivity contribution is -0.180. The molecule has 3 heterocycles. The van der Waals surface area contributed by atoms with E-state index in [1.54, 1.807) is 0 Å². The van der Waals surface area contributed by atoms with E-state index in [0.29, 0.717) is 24.6 Å². The molecule has 33 heavy (non-hydrogen) atoms. The maximum atomic E-state index is 13.0. The van der Waals surface area contributed by atoms with E-state index < -0.39 is 0 Å². The zero-order valence-corrected chi connectivity index (χ0v) is 19.3. The molecule has 1 saturated heterocycles. The highest BCUT2D eigenvalue weighted by Crippen LogP contribution is 2.32. The number of benzene rings is 1. The number of aromatic nitrogens is 2. The quantitative estimate of drug-likeness (QED) is 0.625. The van der Waals surface area contributed by atoms with E-state index in [9.17, 15) is 4.79 Å². The van der Waals surface area contributed by atoms with Gasteiger partial charge in [-0.3, -0.25) is 9.63 Å². The smallest absolute Gasteiger partial charge is 0.273 e. The number of rotatable bonds is 7. The number of nitrogens with zero attached hydrogens (tertiary/aromatic N) is 5. The third-order valence-corrected chi connectivity index (χ3v) is 5.58. The molecule has 1 aromatic heterocycles. The maximum Gasteiger partial charge on any atom is 0.273 e. The molecule has 1 aromatic carbocycles. The van der Waals surface area contributed by atoms with E-state index in [4.69, 9.17) is 10.6 Å². The molecule has 9 nitrogen and oxygen atoms in total. The van der Waals surface area contributed by atoms with Crippen LogP contribution in [-0.2, 0) is 9.63 Å². The monoisotopic (exact) mass is 449 g/mol. The summed E-state index contributed by atoms with van der Waals surface area (Å²) in [6.07, 6.45) is 6.61. The van der Waals surface area contributed by atoms with Crippen LogP contribution in [0.2, 0.25) is 0 Å². The second-order valence-corrected chi connectivity index (χ2v) is 8.06. The van der Waals surface area contributed by atoms with Crippen LogP contribution < -0.4 is 16.0 Å². The number of amidine groups is 1. The molecule has 9 heteroatoms. The van der Waals surface area contributed by atoms with Crippen molar-refractivity contribution >= 4 is 29.5 Å². The molecule has 1 amide bonds. The minimum absolute atomic E-state index is 0.175.